The summed E-state index contributed by atoms with van der Waals surface area (Å²) in [6.45, 7) is 7.00. The number of alkyl carbamates (subject to hydrolysis) is 1. The Bertz CT molecular complexity index is 1200. The van der Waals surface area contributed by atoms with E-state index in [0.29, 0.717) is 12.8 Å². The average Bonchev–Trinajstić information content (AvgIpc) is 3.37. The summed E-state index contributed by atoms with van der Waals surface area (Å²) in [7, 11) is 0. The van der Waals surface area contributed by atoms with Gasteiger partial charge in [-0.15, -0.1) is 0 Å². The van der Waals surface area contributed by atoms with Crippen molar-refractivity contribution in [1.82, 2.24) is 10.6 Å². The molecule has 3 rings (SSSR count). The molecule has 1 aliphatic carbocycles. The van der Waals surface area contributed by atoms with E-state index in [2.05, 4.69) is 10.6 Å². The van der Waals surface area contributed by atoms with Gasteiger partial charge in [0, 0.05) is 24.7 Å². The number of carbonyl (C=O) groups excluding carboxylic acids is 4. The molecule has 2 aromatic carbocycles. The number of ether oxygens (including phenoxy) is 2. The van der Waals surface area contributed by atoms with Gasteiger partial charge in [-0.2, -0.15) is 0 Å². The average molecular weight is 595 g/mol. The van der Waals surface area contributed by atoms with Gasteiger partial charge >= 0.3 is 6.09 Å². The number of benzene rings is 2. The second-order valence-corrected chi connectivity index (χ2v) is 12.4. The van der Waals surface area contributed by atoms with Crippen LogP contribution < -0.4 is 10.6 Å². The Labute approximate surface area is 254 Å². The maximum absolute atomic E-state index is 13.8. The Balaban J connectivity index is 1.76. The molecular weight excluding hydrogens is 548 g/mol. The first-order valence-electron chi connectivity index (χ1n) is 15.1. The summed E-state index contributed by atoms with van der Waals surface area (Å²) in [5.41, 5.74) is 1.07. The molecule has 0 radical (unpaired) electrons. The lowest BCUT2D eigenvalue weighted by atomic mass is 9.89. The van der Waals surface area contributed by atoms with Crippen LogP contribution in [0.5, 0.6) is 0 Å². The fourth-order valence-electron chi connectivity index (χ4n) is 5.48. The summed E-state index contributed by atoms with van der Waals surface area (Å²) in [6.07, 6.45) is 1.07. The van der Waals surface area contributed by atoms with Gasteiger partial charge in [0.15, 0.2) is 5.78 Å². The molecule has 0 saturated heterocycles. The highest BCUT2D eigenvalue weighted by Gasteiger charge is 2.35. The molecule has 3 N–H and O–H groups in total. The predicted molar refractivity (Wildman–Crippen MR) is 163 cm³/mol. The van der Waals surface area contributed by atoms with Crippen LogP contribution in [0.3, 0.4) is 0 Å². The summed E-state index contributed by atoms with van der Waals surface area (Å²) in [5, 5.41) is 15.6. The molecule has 0 heterocycles. The molecule has 2 aromatic rings. The van der Waals surface area contributed by atoms with Crippen molar-refractivity contribution < 1.29 is 33.8 Å². The normalized spacial score (nSPS) is 17.9. The van der Waals surface area contributed by atoms with E-state index in [1.54, 1.807) is 6.92 Å². The quantitative estimate of drug-likeness (QED) is 0.276. The smallest absolute Gasteiger partial charge is 0.408 e. The third-order valence-electron chi connectivity index (χ3n) is 7.55. The Morgan fingerprint density at radius 1 is 0.977 bits per heavy atom. The lowest BCUT2D eigenvalue weighted by molar-refractivity contribution is -0.135. The molecule has 0 aliphatic heterocycles. The van der Waals surface area contributed by atoms with Crippen LogP contribution in [0.2, 0.25) is 0 Å². The van der Waals surface area contributed by atoms with Crippen LogP contribution in [-0.2, 0) is 36.9 Å². The Morgan fingerprint density at radius 2 is 1.60 bits per heavy atom. The lowest BCUT2D eigenvalue weighted by Gasteiger charge is -2.31. The Morgan fingerprint density at radius 3 is 2.16 bits per heavy atom. The zero-order valence-corrected chi connectivity index (χ0v) is 25.7. The number of amides is 2. The van der Waals surface area contributed by atoms with E-state index in [1.807, 2.05) is 81.4 Å². The number of rotatable bonds is 15. The largest absolute Gasteiger partial charge is 0.445 e. The molecule has 1 unspecified atom stereocenters. The summed E-state index contributed by atoms with van der Waals surface area (Å²) in [4.78, 5) is 52.4. The molecule has 0 spiro atoms. The first-order valence-corrected chi connectivity index (χ1v) is 15.1. The van der Waals surface area contributed by atoms with Crippen molar-refractivity contribution >= 4 is 23.6 Å². The molecule has 5 atom stereocenters. The van der Waals surface area contributed by atoms with E-state index in [1.165, 1.54) is 0 Å². The van der Waals surface area contributed by atoms with E-state index >= 15 is 0 Å². The van der Waals surface area contributed by atoms with Gasteiger partial charge in [-0.25, -0.2) is 4.79 Å². The molecule has 1 saturated carbocycles. The predicted octanol–water partition coefficient (Wildman–Crippen LogP) is 4.54. The molecule has 234 valence electrons. The van der Waals surface area contributed by atoms with Crippen molar-refractivity contribution in [2.45, 2.75) is 96.6 Å². The Kier molecular flexibility index (Phi) is 12.9. The van der Waals surface area contributed by atoms with Crippen molar-refractivity contribution in [3.05, 3.63) is 71.8 Å². The molecular formula is C34H46N2O7. The van der Waals surface area contributed by atoms with Gasteiger partial charge in [-0.3, -0.25) is 14.4 Å². The van der Waals surface area contributed by atoms with E-state index in [4.69, 9.17) is 9.47 Å². The van der Waals surface area contributed by atoms with E-state index in [0.717, 1.165) is 24.0 Å². The van der Waals surface area contributed by atoms with Crippen molar-refractivity contribution in [1.29, 1.82) is 0 Å². The fourth-order valence-corrected chi connectivity index (χ4v) is 5.48. The van der Waals surface area contributed by atoms with Crippen LogP contribution in [0.15, 0.2) is 60.7 Å². The number of aliphatic hydroxyl groups is 1. The van der Waals surface area contributed by atoms with Gasteiger partial charge in [-0.1, -0.05) is 60.7 Å². The van der Waals surface area contributed by atoms with Crippen LogP contribution in [0.4, 0.5) is 4.79 Å². The highest BCUT2D eigenvalue weighted by atomic mass is 16.5. The molecule has 0 bridgehead atoms. The van der Waals surface area contributed by atoms with Crippen LogP contribution >= 0.6 is 0 Å². The number of ketones is 2. The van der Waals surface area contributed by atoms with Crippen molar-refractivity contribution in [3.8, 4) is 0 Å². The molecule has 43 heavy (non-hydrogen) atoms. The Hall–Kier alpha value is -3.56. The first kappa shape index (κ1) is 33.9. The highest BCUT2D eigenvalue weighted by Crippen LogP contribution is 2.26. The second-order valence-electron chi connectivity index (χ2n) is 12.4. The molecule has 1 fully saturated rings. The summed E-state index contributed by atoms with van der Waals surface area (Å²) in [6, 6.07) is 16.9. The monoisotopic (exact) mass is 594 g/mol. The van der Waals surface area contributed by atoms with Gasteiger partial charge in [0.25, 0.3) is 0 Å². The molecule has 1 aliphatic rings. The van der Waals surface area contributed by atoms with Gasteiger partial charge in [0.05, 0.1) is 24.4 Å². The zero-order chi connectivity index (χ0) is 31.4. The van der Waals surface area contributed by atoms with Gasteiger partial charge in [-0.05, 0) is 64.5 Å². The van der Waals surface area contributed by atoms with Crippen LogP contribution in [0.1, 0.15) is 70.9 Å². The van der Waals surface area contributed by atoms with E-state index in [-0.39, 0.29) is 43.5 Å². The van der Waals surface area contributed by atoms with Crippen LogP contribution in [0, 0.1) is 11.8 Å². The van der Waals surface area contributed by atoms with E-state index in [9.17, 15) is 24.3 Å². The van der Waals surface area contributed by atoms with Crippen LogP contribution in [0.25, 0.3) is 0 Å². The van der Waals surface area contributed by atoms with Gasteiger partial charge < -0.3 is 25.2 Å². The minimum atomic E-state index is -1.07. The van der Waals surface area contributed by atoms with Crippen molar-refractivity contribution in [2.75, 3.05) is 6.61 Å². The zero-order valence-electron chi connectivity index (χ0n) is 25.7. The summed E-state index contributed by atoms with van der Waals surface area (Å²) in [5.74, 6) is -1.58. The molecule has 9 nitrogen and oxygen atoms in total. The minimum absolute atomic E-state index is 0.0349. The standard InChI is InChI=1S/C34H46N2O7/c1-23(43-34(2,3)4)31(36-33(41)42-22-25-14-9-6-10-15-25)30(39)20-27(18-24-12-7-5-8-13-24)32(40)35-28(21-37)19-26-16-11-17-29(26)38/h5-10,12-15,23,26-28,31,37H,11,16-22H2,1-4H3,(H,35,40)(H,36,41)/t23?,26-,27+,28-,31-/m0/s1. The fraction of sp³-hybridized carbons (Fsp3) is 0.529. The van der Waals surface area contributed by atoms with Crippen molar-refractivity contribution in [3.63, 3.8) is 0 Å². The lowest BCUT2D eigenvalue weighted by Crippen LogP contribution is -2.52. The first-order chi connectivity index (χ1) is 20.4. The number of nitrogens with one attached hydrogen (secondary N) is 2. The third kappa shape index (κ3) is 11.6. The SMILES string of the molecule is CC(OC(C)(C)C)[C@H](NC(=O)OCc1ccccc1)C(=O)C[C@@H](Cc1ccccc1)C(=O)N[C@H](CO)C[C@@H]1CCCC1=O. The van der Waals surface area contributed by atoms with Gasteiger partial charge in [0.1, 0.15) is 18.4 Å². The van der Waals surface area contributed by atoms with E-state index < -0.39 is 41.7 Å². The minimum Gasteiger partial charge on any atom is -0.445 e. The number of hydrogen-bond donors (Lipinski definition) is 3. The van der Waals surface area contributed by atoms with Gasteiger partial charge in [0.2, 0.25) is 5.91 Å². The maximum Gasteiger partial charge on any atom is 0.408 e. The van der Waals surface area contributed by atoms with Crippen molar-refractivity contribution in [2.24, 2.45) is 11.8 Å². The molecule has 9 heteroatoms. The maximum atomic E-state index is 13.8. The number of carbonyl (C=O) groups is 4. The number of hydrogen-bond acceptors (Lipinski definition) is 7. The third-order valence-corrected chi connectivity index (χ3v) is 7.55. The highest BCUT2D eigenvalue weighted by molar-refractivity contribution is 5.92. The second kappa shape index (κ2) is 16.3. The molecule has 2 amide bonds. The van der Waals surface area contributed by atoms with Crippen LogP contribution in [-0.4, -0.2) is 59.1 Å². The molecule has 0 aromatic heterocycles. The topological polar surface area (TPSA) is 131 Å². The number of Topliss-reactive ketones (excluding diaryl/α,β-unsaturated/α-hetero) is 2. The summed E-state index contributed by atoms with van der Waals surface area (Å²) >= 11 is 0. The summed E-state index contributed by atoms with van der Waals surface area (Å²) < 4.78 is 11.4. The number of aliphatic hydroxyl groups excluding tert-OH is 1.